The third kappa shape index (κ3) is 8.25. The smallest absolute Gasteiger partial charge is 0.252 e. The lowest BCUT2D eigenvalue weighted by atomic mass is 9.33. The van der Waals surface area contributed by atoms with E-state index < -0.39 is 0 Å². The molecule has 0 aliphatic carbocycles. The van der Waals surface area contributed by atoms with Crippen molar-refractivity contribution in [3.63, 3.8) is 0 Å². The molecule has 22 rings (SSSR count). The van der Waals surface area contributed by atoms with E-state index in [2.05, 4.69) is 370 Å². The fourth-order valence-electron chi connectivity index (χ4n) is 18.7. The van der Waals surface area contributed by atoms with Crippen LogP contribution in [0, 0.1) is 0 Å². The minimum absolute atomic E-state index is 0.0775. The lowest BCUT2D eigenvalue weighted by molar-refractivity contribution is 0.590. The van der Waals surface area contributed by atoms with Crippen molar-refractivity contribution in [1.29, 1.82) is 0 Å². The first kappa shape index (κ1) is 58.4. The molecular formula is C98H69BN4. The molecule has 0 bridgehead atoms. The van der Waals surface area contributed by atoms with Crippen LogP contribution in [0.2, 0.25) is 0 Å². The first-order valence-corrected chi connectivity index (χ1v) is 36.4. The first-order valence-electron chi connectivity index (χ1n) is 36.4. The number of fused-ring (bicyclic) bond motifs is 28. The van der Waals surface area contributed by atoms with Crippen LogP contribution in [0.15, 0.2) is 309 Å². The Morgan fingerprint density at radius 1 is 0.204 bits per heavy atom. The van der Waals surface area contributed by atoms with E-state index in [1.54, 1.807) is 0 Å². The summed E-state index contributed by atoms with van der Waals surface area (Å²) in [6.45, 7) is 13.8. The molecule has 4 heterocycles. The fourth-order valence-corrected chi connectivity index (χ4v) is 18.7. The molecule has 2 aliphatic rings. The van der Waals surface area contributed by atoms with Gasteiger partial charge in [0.05, 0.1) is 27.8 Å². The third-order valence-corrected chi connectivity index (χ3v) is 23.5. The van der Waals surface area contributed by atoms with Gasteiger partial charge in [-0.2, -0.15) is 0 Å². The Hall–Kier alpha value is -12.4. The molecule has 0 amide bonds. The largest absolute Gasteiger partial charge is 0.311 e. The highest BCUT2D eigenvalue weighted by Gasteiger charge is 2.45. The van der Waals surface area contributed by atoms with E-state index in [0.29, 0.717) is 0 Å². The summed E-state index contributed by atoms with van der Waals surface area (Å²) in [5.41, 5.74) is 19.9. The number of nitrogens with zero attached hydrogens (tertiary/aromatic N) is 4. The zero-order valence-corrected chi connectivity index (χ0v) is 58.3. The normalized spacial score (nSPS) is 13.3. The van der Waals surface area contributed by atoms with E-state index in [0.717, 1.165) is 39.8 Å². The van der Waals surface area contributed by atoms with Gasteiger partial charge in [-0.25, -0.2) is 0 Å². The van der Waals surface area contributed by atoms with Crippen molar-refractivity contribution in [2.45, 2.75) is 52.4 Å². The van der Waals surface area contributed by atoms with Crippen LogP contribution in [0.4, 0.5) is 34.1 Å². The predicted molar refractivity (Wildman–Crippen MR) is 444 cm³/mol. The van der Waals surface area contributed by atoms with Crippen LogP contribution in [0.5, 0.6) is 0 Å². The van der Waals surface area contributed by atoms with Gasteiger partial charge in [-0.05, 0) is 226 Å². The van der Waals surface area contributed by atoms with E-state index in [9.17, 15) is 0 Å². The Kier molecular flexibility index (Phi) is 11.9. The average molecular weight is 1310 g/mol. The monoisotopic (exact) mass is 1310 g/mol. The van der Waals surface area contributed by atoms with Crippen LogP contribution in [0.3, 0.4) is 0 Å². The minimum atomic E-state index is -0.226. The molecule has 4 nitrogen and oxygen atoms in total. The fraction of sp³-hybridized carbons (Fsp3) is 0.0816. The molecule has 0 atom stereocenters. The van der Waals surface area contributed by atoms with Crippen molar-refractivity contribution in [1.82, 2.24) is 9.13 Å². The zero-order valence-electron chi connectivity index (χ0n) is 58.3. The van der Waals surface area contributed by atoms with Gasteiger partial charge in [-0.15, -0.1) is 0 Å². The maximum absolute atomic E-state index is 2.68. The number of aromatic nitrogens is 2. The summed E-state index contributed by atoms with van der Waals surface area (Å²) in [5, 5.41) is 27.4. The minimum Gasteiger partial charge on any atom is -0.311 e. The molecule has 0 saturated heterocycles. The lowest BCUT2D eigenvalue weighted by Gasteiger charge is -2.45. The predicted octanol–water partition coefficient (Wildman–Crippen LogP) is 24.9. The number of benzene rings is 18. The van der Waals surface area contributed by atoms with E-state index in [-0.39, 0.29) is 17.5 Å². The highest BCUT2D eigenvalue weighted by atomic mass is 15.2. The summed E-state index contributed by atoms with van der Waals surface area (Å²) in [6, 6.07) is 119. The van der Waals surface area contributed by atoms with Crippen molar-refractivity contribution in [3.8, 4) is 11.4 Å². The van der Waals surface area contributed by atoms with Crippen LogP contribution in [-0.4, -0.2) is 15.8 Å². The second-order valence-corrected chi connectivity index (χ2v) is 31.1. The van der Waals surface area contributed by atoms with Crippen LogP contribution >= 0.6 is 0 Å². The zero-order chi connectivity index (χ0) is 68.5. The van der Waals surface area contributed by atoms with Gasteiger partial charge in [0.15, 0.2) is 0 Å². The van der Waals surface area contributed by atoms with Gasteiger partial charge in [0, 0.05) is 61.4 Å². The lowest BCUT2D eigenvalue weighted by Crippen LogP contribution is -2.61. The number of hydrogen-bond acceptors (Lipinski definition) is 2. The molecule has 5 heteroatoms. The van der Waals surface area contributed by atoms with Gasteiger partial charge < -0.3 is 18.9 Å². The molecule has 0 radical (unpaired) electrons. The van der Waals surface area contributed by atoms with Gasteiger partial charge >= 0.3 is 0 Å². The Bertz CT molecular complexity index is 6980. The van der Waals surface area contributed by atoms with Gasteiger partial charge in [0.1, 0.15) is 0 Å². The molecule has 0 unspecified atom stereocenters. The summed E-state index contributed by atoms with van der Waals surface area (Å²) in [6.07, 6.45) is 0. The van der Waals surface area contributed by atoms with Gasteiger partial charge in [-0.3, -0.25) is 0 Å². The Morgan fingerprint density at radius 3 is 0.903 bits per heavy atom. The van der Waals surface area contributed by atoms with Crippen LogP contribution in [0.1, 0.15) is 52.7 Å². The van der Waals surface area contributed by atoms with Crippen molar-refractivity contribution in [2.24, 2.45) is 0 Å². The average Bonchev–Trinajstić information content (AvgIpc) is 1.03. The second kappa shape index (κ2) is 21.1. The molecular weight excluding hydrogens is 1240 g/mol. The maximum Gasteiger partial charge on any atom is 0.252 e. The highest BCUT2D eigenvalue weighted by molar-refractivity contribution is 7.00. The SMILES string of the molecule is CC(C)(C)c1ccc2c(c1)c1cc(C(C)(C)C)ccc1n2-c1cc2c3c(c1)N(c1ccc4c5ccccc5c5ccccc5c4c1)c1cc4c5ccccc5c5ccccc5c4cc1B3c1ccc(-n3c4ccccc4c4ccccc43)cc1N2c1ccc2c3ccccc3c3ccccc3c2c1. The molecule has 0 N–H and O–H groups in total. The summed E-state index contributed by atoms with van der Waals surface area (Å²) >= 11 is 0. The molecule has 2 aliphatic heterocycles. The van der Waals surface area contributed by atoms with Gasteiger partial charge in [0.2, 0.25) is 0 Å². The Morgan fingerprint density at radius 2 is 0.505 bits per heavy atom. The first-order chi connectivity index (χ1) is 50.4. The standard InChI is InChI=1S/C98H69BN4/c1-97(2,3)58-39-47-90-84(49-58)85-50-59(98(4,5)6)40-48-91(85)103(90)63-54-94-96-95(55-63)102(61-42-45-77-71-30-10-8-24-65(71)67-26-12-16-32-73(67)81(77)52-61)93-57-83-75-34-18-14-28-69(75)68-27-13-17-33-74(68)82(83)56-87(93)99(96)86-46-43-62(100-88-37-21-19-35-78(88)79-36-20-22-38-89(79)100)53-92(86)101(94)60-41-44-76-70-29-9-7-23-64(70)66-25-11-15-31-72(66)80(76)51-60/h7-57H,1-6H3. The summed E-state index contributed by atoms with van der Waals surface area (Å²) in [7, 11) is 0. The molecule has 484 valence electrons. The molecule has 103 heavy (non-hydrogen) atoms. The Balaban J connectivity index is 0.930. The van der Waals surface area contributed by atoms with E-state index in [4.69, 9.17) is 0 Å². The topological polar surface area (TPSA) is 16.3 Å². The van der Waals surface area contributed by atoms with Crippen molar-refractivity contribution in [2.75, 3.05) is 9.80 Å². The molecule has 0 saturated carbocycles. The van der Waals surface area contributed by atoms with Crippen molar-refractivity contribution >= 4 is 198 Å². The second-order valence-electron chi connectivity index (χ2n) is 31.1. The number of rotatable bonds is 4. The number of hydrogen-bond donors (Lipinski definition) is 0. The summed E-state index contributed by atoms with van der Waals surface area (Å²) in [5.74, 6) is 0. The van der Waals surface area contributed by atoms with Crippen molar-refractivity contribution < 1.29 is 0 Å². The molecule has 18 aromatic carbocycles. The van der Waals surface area contributed by atoms with Gasteiger partial charge in [-0.1, -0.05) is 260 Å². The number of anilines is 6. The molecule has 20 aromatic rings. The molecule has 0 fully saturated rings. The summed E-state index contributed by atoms with van der Waals surface area (Å²) in [4.78, 5) is 5.35. The third-order valence-electron chi connectivity index (χ3n) is 23.5. The van der Waals surface area contributed by atoms with Crippen molar-refractivity contribution in [3.05, 3.63) is 321 Å². The van der Waals surface area contributed by atoms with Crippen LogP contribution in [0.25, 0.3) is 152 Å². The van der Waals surface area contributed by atoms with Crippen LogP contribution in [-0.2, 0) is 10.8 Å². The van der Waals surface area contributed by atoms with E-state index in [1.807, 2.05) is 0 Å². The molecule has 0 spiro atoms. The highest BCUT2D eigenvalue weighted by Crippen LogP contribution is 2.52. The van der Waals surface area contributed by atoms with Crippen LogP contribution < -0.4 is 26.2 Å². The van der Waals surface area contributed by atoms with E-state index >= 15 is 0 Å². The molecule has 2 aromatic heterocycles. The Labute approximate surface area is 597 Å². The van der Waals surface area contributed by atoms with E-state index in [1.165, 1.54) is 174 Å². The summed E-state index contributed by atoms with van der Waals surface area (Å²) < 4.78 is 5.11. The van der Waals surface area contributed by atoms with Gasteiger partial charge in [0.25, 0.3) is 6.71 Å². The number of para-hydroxylation sites is 2. The maximum atomic E-state index is 2.68. The quantitative estimate of drug-likeness (QED) is 0.129.